The molecular formula is C24H25ClN5OSi. The summed E-state index contributed by atoms with van der Waals surface area (Å²) in [4.78, 5) is 27.8. The van der Waals surface area contributed by atoms with E-state index in [4.69, 9.17) is 11.6 Å². The van der Waals surface area contributed by atoms with E-state index in [1.165, 1.54) is 6.08 Å². The zero-order valence-electron chi connectivity index (χ0n) is 18.3. The fourth-order valence-electron chi connectivity index (χ4n) is 4.24. The molecule has 1 amide bonds. The van der Waals surface area contributed by atoms with E-state index >= 15 is 0 Å². The number of nitrogens with zero attached hydrogens (tertiary/aromatic N) is 5. The smallest absolute Gasteiger partial charge is 0.246 e. The number of halogens is 1. The summed E-state index contributed by atoms with van der Waals surface area (Å²) in [7, 11) is 7.79. The summed E-state index contributed by atoms with van der Waals surface area (Å²) in [6, 6.07) is 12.0. The van der Waals surface area contributed by atoms with Crippen LogP contribution in [0.1, 0.15) is 0 Å². The summed E-state index contributed by atoms with van der Waals surface area (Å²) in [6.07, 6.45) is 3.00. The molecular weight excluding hydrogens is 438 g/mol. The minimum atomic E-state index is -0.0299. The molecule has 0 spiro atoms. The van der Waals surface area contributed by atoms with Crippen LogP contribution in [0.3, 0.4) is 0 Å². The van der Waals surface area contributed by atoms with Gasteiger partial charge < -0.3 is 14.7 Å². The van der Waals surface area contributed by atoms with Crippen molar-refractivity contribution in [3.8, 4) is 11.1 Å². The van der Waals surface area contributed by atoms with Crippen molar-refractivity contribution in [2.45, 2.75) is 6.04 Å². The van der Waals surface area contributed by atoms with Crippen molar-refractivity contribution in [1.82, 2.24) is 19.8 Å². The van der Waals surface area contributed by atoms with Gasteiger partial charge in [0.1, 0.15) is 12.1 Å². The molecule has 8 heteroatoms. The zero-order chi connectivity index (χ0) is 22.8. The summed E-state index contributed by atoms with van der Waals surface area (Å²) in [6.45, 7) is 6.44. The SMILES string of the molecule is C=CC(=O)N1CCN(c2ncnc3cc([Si])c(-c4ccc(Cl)cc4)cc23)CC1CN(C)C. The van der Waals surface area contributed by atoms with Gasteiger partial charge in [-0.15, -0.1) is 0 Å². The third kappa shape index (κ3) is 4.55. The lowest BCUT2D eigenvalue weighted by molar-refractivity contribution is -0.128. The van der Waals surface area contributed by atoms with E-state index in [1.807, 2.05) is 49.3 Å². The number of likely N-dealkylation sites (N-methyl/N-ethyl adjacent to an activating group) is 1. The van der Waals surface area contributed by atoms with E-state index in [9.17, 15) is 4.79 Å². The van der Waals surface area contributed by atoms with Gasteiger partial charge in [-0.3, -0.25) is 4.79 Å². The summed E-state index contributed by atoms with van der Waals surface area (Å²) in [5.41, 5.74) is 2.97. The molecule has 0 N–H and O–H groups in total. The van der Waals surface area contributed by atoms with Crippen molar-refractivity contribution in [2.24, 2.45) is 0 Å². The van der Waals surface area contributed by atoms with Crippen molar-refractivity contribution in [2.75, 3.05) is 45.2 Å². The van der Waals surface area contributed by atoms with Gasteiger partial charge in [0.25, 0.3) is 0 Å². The molecule has 6 nitrogen and oxygen atoms in total. The van der Waals surface area contributed by atoms with Gasteiger partial charge >= 0.3 is 0 Å². The molecule has 1 aromatic heterocycles. The van der Waals surface area contributed by atoms with Gasteiger partial charge in [-0.1, -0.05) is 35.5 Å². The second-order valence-electron chi connectivity index (χ2n) is 8.22. The van der Waals surface area contributed by atoms with Gasteiger partial charge in [0.15, 0.2) is 0 Å². The molecule has 3 radical (unpaired) electrons. The molecule has 1 fully saturated rings. The average Bonchev–Trinajstić information content (AvgIpc) is 2.78. The van der Waals surface area contributed by atoms with Crippen LogP contribution in [0, 0.1) is 0 Å². The molecule has 1 unspecified atom stereocenters. The van der Waals surface area contributed by atoms with Gasteiger partial charge in [0, 0.05) is 36.6 Å². The van der Waals surface area contributed by atoms with Crippen LogP contribution < -0.4 is 10.1 Å². The first-order valence-corrected chi connectivity index (χ1v) is 11.3. The second-order valence-corrected chi connectivity index (χ2v) is 9.19. The fraction of sp³-hybridized carbons (Fsp3) is 0.292. The highest BCUT2D eigenvalue weighted by Gasteiger charge is 2.31. The van der Waals surface area contributed by atoms with Crippen LogP contribution in [-0.2, 0) is 4.79 Å². The van der Waals surface area contributed by atoms with E-state index in [0.29, 0.717) is 24.7 Å². The van der Waals surface area contributed by atoms with Crippen molar-refractivity contribution in [3.05, 3.63) is 60.4 Å². The van der Waals surface area contributed by atoms with Crippen LogP contribution in [0.2, 0.25) is 5.02 Å². The molecule has 1 aliphatic heterocycles. The Morgan fingerprint density at radius 2 is 2.00 bits per heavy atom. The van der Waals surface area contributed by atoms with Crippen LogP contribution in [0.25, 0.3) is 22.0 Å². The Kier molecular flexibility index (Phi) is 6.60. The highest BCUT2D eigenvalue weighted by Crippen LogP contribution is 2.29. The quantitative estimate of drug-likeness (QED) is 0.431. The lowest BCUT2D eigenvalue weighted by atomic mass is 10.0. The molecule has 2 aromatic carbocycles. The minimum Gasteiger partial charge on any atom is -0.352 e. The first-order valence-electron chi connectivity index (χ1n) is 10.5. The van der Waals surface area contributed by atoms with E-state index in [2.05, 4.69) is 42.7 Å². The maximum atomic E-state index is 12.4. The van der Waals surface area contributed by atoms with Crippen molar-refractivity contribution < 1.29 is 4.79 Å². The Hall–Kier alpha value is -2.74. The van der Waals surface area contributed by atoms with Gasteiger partial charge in [0.2, 0.25) is 5.91 Å². The van der Waals surface area contributed by atoms with E-state index in [0.717, 1.165) is 39.6 Å². The molecule has 0 aliphatic carbocycles. The number of aromatic nitrogens is 2. The molecule has 32 heavy (non-hydrogen) atoms. The van der Waals surface area contributed by atoms with Crippen LogP contribution >= 0.6 is 11.6 Å². The molecule has 163 valence electrons. The third-order valence-corrected chi connectivity index (χ3v) is 6.39. The Morgan fingerprint density at radius 1 is 1.25 bits per heavy atom. The summed E-state index contributed by atoms with van der Waals surface area (Å²) in [5, 5.41) is 2.64. The van der Waals surface area contributed by atoms with Crippen LogP contribution in [0.4, 0.5) is 5.82 Å². The molecule has 1 atom stereocenters. The Morgan fingerprint density at radius 3 is 2.69 bits per heavy atom. The van der Waals surface area contributed by atoms with E-state index < -0.39 is 0 Å². The monoisotopic (exact) mass is 462 g/mol. The number of anilines is 1. The van der Waals surface area contributed by atoms with Crippen LogP contribution in [0.5, 0.6) is 0 Å². The Bertz CT molecular complexity index is 1150. The zero-order valence-corrected chi connectivity index (χ0v) is 20.0. The number of benzene rings is 2. The number of fused-ring (bicyclic) bond motifs is 1. The summed E-state index contributed by atoms with van der Waals surface area (Å²) in [5.74, 6) is 0.851. The van der Waals surface area contributed by atoms with Crippen molar-refractivity contribution in [3.63, 3.8) is 0 Å². The van der Waals surface area contributed by atoms with Gasteiger partial charge in [0.05, 0.1) is 21.8 Å². The molecule has 1 aliphatic rings. The highest BCUT2D eigenvalue weighted by molar-refractivity contribution is 6.37. The number of hydrogen-bond acceptors (Lipinski definition) is 5. The molecule has 0 saturated carbocycles. The standard InChI is InChI=1S/C24H25ClN5OSi/c1-4-23(31)30-10-9-29(14-18(30)13-28(2)3)24-20-11-19(16-5-7-17(25)8-6-16)22(32)12-21(20)26-15-27-24/h4-8,11-12,15,18H,1,9-10,13-14H2,2-3H3. The predicted octanol–water partition coefficient (Wildman–Crippen LogP) is 2.51. The number of hydrogen-bond donors (Lipinski definition) is 0. The number of carbonyl (C=O) groups is 1. The van der Waals surface area contributed by atoms with Crippen molar-refractivity contribution >= 4 is 49.7 Å². The topological polar surface area (TPSA) is 52.6 Å². The first kappa shape index (κ1) is 22.5. The maximum Gasteiger partial charge on any atom is 0.246 e. The number of piperazine rings is 1. The van der Waals surface area contributed by atoms with Crippen LogP contribution in [-0.4, -0.2) is 82.2 Å². The Labute approximate surface area is 196 Å². The second kappa shape index (κ2) is 9.40. The normalized spacial score (nSPS) is 16.6. The molecule has 0 bridgehead atoms. The average molecular weight is 463 g/mol. The number of rotatable bonds is 5. The largest absolute Gasteiger partial charge is 0.352 e. The summed E-state index contributed by atoms with van der Waals surface area (Å²) >= 11 is 6.08. The minimum absolute atomic E-state index is 0.0299. The number of amides is 1. The summed E-state index contributed by atoms with van der Waals surface area (Å²) < 4.78 is 0. The van der Waals surface area contributed by atoms with Crippen molar-refractivity contribution in [1.29, 1.82) is 0 Å². The lowest BCUT2D eigenvalue weighted by Crippen LogP contribution is -2.58. The molecule has 2 heterocycles. The maximum absolute atomic E-state index is 12.4. The fourth-order valence-corrected chi connectivity index (χ4v) is 4.72. The number of carbonyl (C=O) groups excluding carboxylic acids is 1. The van der Waals surface area contributed by atoms with E-state index in [1.54, 1.807) is 6.33 Å². The van der Waals surface area contributed by atoms with Gasteiger partial charge in [-0.25, -0.2) is 9.97 Å². The van der Waals surface area contributed by atoms with Gasteiger partial charge in [-0.05, 0) is 55.6 Å². The van der Waals surface area contributed by atoms with Gasteiger partial charge in [-0.2, -0.15) is 0 Å². The predicted molar refractivity (Wildman–Crippen MR) is 132 cm³/mol. The van der Waals surface area contributed by atoms with E-state index in [-0.39, 0.29) is 11.9 Å². The molecule has 3 aromatic rings. The lowest BCUT2D eigenvalue weighted by Gasteiger charge is -2.42. The first-order chi connectivity index (χ1) is 15.4. The van der Waals surface area contributed by atoms with Crippen LogP contribution in [0.15, 0.2) is 55.4 Å². The molecule has 1 saturated heterocycles. The molecule has 4 rings (SSSR count). The highest BCUT2D eigenvalue weighted by atomic mass is 35.5. The third-order valence-electron chi connectivity index (χ3n) is 5.72. The Balaban J connectivity index is 1.73.